The van der Waals surface area contributed by atoms with Gasteiger partial charge in [-0.25, -0.2) is 0 Å². The average Bonchev–Trinajstić information content (AvgIpc) is 2.59. The van der Waals surface area contributed by atoms with Gasteiger partial charge in [0.1, 0.15) is 5.56 Å². The van der Waals surface area contributed by atoms with Crippen LogP contribution in [0.1, 0.15) is 29.6 Å². The van der Waals surface area contributed by atoms with E-state index in [9.17, 15) is 9.59 Å². The third kappa shape index (κ3) is 1.60. The Morgan fingerprint density at radius 2 is 2.29 bits per heavy atom. The third-order valence-corrected chi connectivity index (χ3v) is 3.60. The largest absolute Gasteiger partial charge is 0.329 e. The number of pyridine rings is 1. The molecule has 4 heteroatoms. The number of carbonyl (C=O) groups is 1. The van der Waals surface area contributed by atoms with Crippen LogP contribution in [-0.2, 0) is 0 Å². The molecule has 3 heterocycles. The lowest BCUT2D eigenvalue weighted by atomic mass is 10.1. The number of rotatable bonds is 1. The Kier molecular flexibility index (Phi) is 2.35. The van der Waals surface area contributed by atoms with Crippen LogP contribution in [0.3, 0.4) is 0 Å². The van der Waals surface area contributed by atoms with Crippen LogP contribution in [-0.4, -0.2) is 27.9 Å². The molecule has 2 atom stereocenters. The zero-order chi connectivity index (χ0) is 11.8. The lowest BCUT2D eigenvalue weighted by molar-refractivity contribution is 0.0687. The van der Waals surface area contributed by atoms with E-state index < -0.39 is 0 Å². The molecule has 0 spiro atoms. The molecule has 1 aromatic heterocycles. The molecule has 0 aliphatic carbocycles. The number of hydrogen-bond acceptors (Lipinski definition) is 2. The Morgan fingerprint density at radius 1 is 1.41 bits per heavy atom. The summed E-state index contributed by atoms with van der Waals surface area (Å²) in [6.45, 7) is 0. The first-order valence-corrected chi connectivity index (χ1v) is 5.94. The SMILES string of the molecule is O=C(c1ccc[nH]c1=O)N1C2C=CCC1CC2. The molecule has 1 N–H and O–H groups in total. The summed E-state index contributed by atoms with van der Waals surface area (Å²) in [6, 6.07) is 3.74. The number of amides is 1. The van der Waals surface area contributed by atoms with Crippen LogP contribution in [0.4, 0.5) is 0 Å². The zero-order valence-electron chi connectivity index (χ0n) is 9.43. The van der Waals surface area contributed by atoms with Gasteiger partial charge >= 0.3 is 0 Å². The summed E-state index contributed by atoms with van der Waals surface area (Å²) < 4.78 is 0. The van der Waals surface area contributed by atoms with Crippen LogP contribution in [0.2, 0.25) is 0 Å². The molecule has 1 saturated heterocycles. The van der Waals surface area contributed by atoms with Gasteiger partial charge < -0.3 is 9.88 Å². The Morgan fingerprint density at radius 3 is 3.06 bits per heavy atom. The minimum Gasteiger partial charge on any atom is -0.329 e. The summed E-state index contributed by atoms with van der Waals surface area (Å²) in [5.41, 5.74) is -0.0499. The molecular formula is C13H14N2O2. The predicted octanol–water partition coefficient (Wildman–Crippen LogP) is 1.31. The summed E-state index contributed by atoms with van der Waals surface area (Å²) in [6.07, 6.45) is 8.72. The maximum Gasteiger partial charge on any atom is 0.260 e. The van der Waals surface area contributed by atoms with E-state index in [0.717, 1.165) is 19.3 Å². The standard InChI is InChI=1S/C13H14N2O2/c16-12-11(5-2-8-14-12)13(17)15-9-3-1-4-10(15)7-6-9/h1-3,5,8-10H,4,6-7H2,(H,14,16). The lowest BCUT2D eigenvalue weighted by Gasteiger charge is -2.31. The van der Waals surface area contributed by atoms with Gasteiger partial charge in [-0.2, -0.15) is 0 Å². The van der Waals surface area contributed by atoms with Crippen LogP contribution < -0.4 is 5.56 Å². The Hall–Kier alpha value is -1.84. The predicted molar refractivity (Wildman–Crippen MR) is 63.8 cm³/mol. The van der Waals surface area contributed by atoms with Gasteiger partial charge in [0.05, 0.1) is 6.04 Å². The minimum absolute atomic E-state index is 0.135. The Balaban J connectivity index is 1.96. The first-order valence-electron chi connectivity index (χ1n) is 5.94. The van der Waals surface area contributed by atoms with Crippen molar-refractivity contribution in [2.75, 3.05) is 0 Å². The van der Waals surface area contributed by atoms with Crippen molar-refractivity contribution in [2.45, 2.75) is 31.3 Å². The second-order valence-corrected chi connectivity index (χ2v) is 4.59. The second kappa shape index (κ2) is 3.87. The number of nitrogens with zero attached hydrogens (tertiary/aromatic N) is 1. The highest BCUT2D eigenvalue weighted by Crippen LogP contribution is 2.32. The van der Waals surface area contributed by atoms with Crippen LogP contribution >= 0.6 is 0 Å². The highest BCUT2D eigenvalue weighted by Gasteiger charge is 2.37. The van der Waals surface area contributed by atoms with E-state index in [1.165, 1.54) is 0 Å². The summed E-state index contributed by atoms with van der Waals surface area (Å²) in [7, 11) is 0. The summed E-state index contributed by atoms with van der Waals surface area (Å²) in [5.74, 6) is -0.135. The lowest BCUT2D eigenvalue weighted by Crippen LogP contribution is -2.43. The van der Waals surface area contributed by atoms with Crippen molar-refractivity contribution in [3.05, 3.63) is 46.4 Å². The highest BCUT2D eigenvalue weighted by molar-refractivity contribution is 5.94. The minimum atomic E-state index is -0.300. The quantitative estimate of drug-likeness (QED) is 0.739. The van der Waals surface area contributed by atoms with E-state index >= 15 is 0 Å². The smallest absolute Gasteiger partial charge is 0.260 e. The number of H-pyrrole nitrogens is 1. The van der Waals surface area contributed by atoms with E-state index in [1.807, 2.05) is 4.90 Å². The van der Waals surface area contributed by atoms with E-state index in [-0.39, 0.29) is 29.1 Å². The molecule has 4 nitrogen and oxygen atoms in total. The molecule has 17 heavy (non-hydrogen) atoms. The van der Waals surface area contributed by atoms with E-state index in [4.69, 9.17) is 0 Å². The van der Waals surface area contributed by atoms with Gasteiger partial charge in [0.2, 0.25) is 0 Å². The van der Waals surface area contributed by atoms with E-state index in [1.54, 1.807) is 18.3 Å². The number of aromatic nitrogens is 1. The van der Waals surface area contributed by atoms with Gasteiger partial charge in [-0.3, -0.25) is 9.59 Å². The molecule has 2 bridgehead atoms. The number of hydrogen-bond donors (Lipinski definition) is 1. The van der Waals surface area contributed by atoms with E-state index in [2.05, 4.69) is 17.1 Å². The van der Waals surface area contributed by atoms with Gasteiger partial charge in [0, 0.05) is 12.2 Å². The van der Waals surface area contributed by atoms with E-state index in [0.29, 0.717) is 0 Å². The maximum atomic E-state index is 12.4. The first-order chi connectivity index (χ1) is 8.27. The van der Waals surface area contributed by atoms with Crippen molar-refractivity contribution in [2.24, 2.45) is 0 Å². The fourth-order valence-corrected chi connectivity index (χ4v) is 2.77. The van der Waals surface area contributed by atoms with Crippen LogP contribution in [0, 0.1) is 0 Å². The fraction of sp³-hybridized carbons (Fsp3) is 0.385. The Bertz CT molecular complexity index is 532. The van der Waals surface area contributed by atoms with Gasteiger partial charge in [-0.15, -0.1) is 0 Å². The topological polar surface area (TPSA) is 53.2 Å². The number of carbonyl (C=O) groups excluding carboxylic acids is 1. The van der Waals surface area contributed by atoms with Gasteiger partial charge in [-0.05, 0) is 31.4 Å². The molecule has 0 saturated carbocycles. The molecule has 0 radical (unpaired) electrons. The molecular weight excluding hydrogens is 216 g/mol. The summed E-state index contributed by atoms with van der Waals surface area (Å²) in [5, 5.41) is 0. The zero-order valence-corrected chi connectivity index (χ0v) is 9.43. The van der Waals surface area contributed by atoms with Crippen molar-refractivity contribution < 1.29 is 4.79 Å². The molecule has 88 valence electrons. The van der Waals surface area contributed by atoms with Crippen molar-refractivity contribution in [3.63, 3.8) is 0 Å². The molecule has 1 fully saturated rings. The molecule has 1 amide bonds. The van der Waals surface area contributed by atoms with Crippen LogP contribution in [0.15, 0.2) is 35.3 Å². The van der Waals surface area contributed by atoms with Gasteiger partial charge in [0.25, 0.3) is 11.5 Å². The average molecular weight is 230 g/mol. The van der Waals surface area contributed by atoms with Gasteiger partial charge in [0.15, 0.2) is 0 Å². The number of aromatic amines is 1. The molecule has 1 aromatic rings. The van der Waals surface area contributed by atoms with Crippen LogP contribution in [0.25, 0.3) is 0 Å². The second-order valence-electron chi connectivity index (χ2n) is 4.59. The third-order valence-electron chi connectivity index (χ3n) is 3.60. The molecule has 0 aromatic carbocycles. The van der Waals surface area contributed by atoms with Crippen molar-refractivity contribution in [1.29, 1.82) is 0 Å². The maximum absolute atomic E-state index is 12.4. The van der Waals surface area contributed by atoms with Gasteiger partial charge in [-0.1, -0.05) is 12.2 Å². The van der Waals surface area contributed by atoms with Crippen molar-refractivity contribution >= 4 is 5.91 Å². The molecule has 3 rings (SSSR count). The number of fused-ring (bicyclic) bond motifs is 2. The van der Waals surface area contributed by atoms with Crippen LogP contribution in [0.5, 0.6) is 0 Å². The monoisotopic (exact) mass is 230 g/mol. The fourth-order valence-electron chi connectivity index (χ4n) is 2.77. The van der Waals surface area contributed by atoms with Crippen molar-refractivity contribution in [1.82, 2.24) is 9.88 Å². The highest BCUT2D eigenvalue weighted by atomic mass is 16.2. The molecule has 2 aliphatic rings. The normalized spacial score (nSPS) is 26.2. The molecule has 2 aliphatic heterocycles. The van der Waals surface area contributed by atoms with Crippen molar-refractivity contribution in [3.8, 4) is 0 Å². The summed E-state index contributed by atoms with van der Waals surface area (Å²) in [4.78, 5) is 28.4. The first kappa shape index (κ1) is 10.3. The molecule has 2 unspecified atom stereocenters. The summed E-state index contributed by atoms with van der Waals surface area (Å²) >= 11 is 0. The number of nitrogens with one attached hydrogen (secondary N) is 1. The Labute approximate surface area is 99.0 Å².